The fraction of sp³-hybridized carbons (Fsp3) is 0.714. The van der Waals surface area contributed by atoms with E-state index in [2.05, 4.69) is 0 Å². The topological polar surface area (TPSA) is 115 Å². The minimum absolute atomic E-state index is 0.139. The maximum atomic E-state index is 9.64. The van der Waals surface area contributed by atoms with Gasteiger partial charge in [0.15, 0.2) is 0 Å². The number of aliphatic hydroxyl groups is 2. The first-order valence-corrected chi connectivity index (χ1v) is 3.62. The van der Waals surface area contributed by atoms with Crippen LogP contribution in [0.25, 0.3) is 0 Å². The number of carbonyl (C=O) groups is 2. The lowest BCUT2D eigenvalue weighted by molar-refractivity contribution is -0.143. The normalized spacial score (nSPS) is 11.0. The molecule has 0 aliphatic heterocycles. The molecule has 6 nitrogen and oxygen atoms in total. The Morgan fingerprint density at radius 3 is 1.46 bits per heavy atom. The van der Waals surface area contributed by atoms with Crippen LogP contribution in [0.3, 0.4) is 0 Å². The highest BCUT2D eigenvalue weighted by atomic mass is 16.4. The highest BCUT2D eigenvalue weighted by Gasteiger charge is 2.00. The Balaban J connectivity index is 0. The molecule has 0 amide bonds. The summed E-state index contributed by atoms with van der Waals surface area (Å²) >= 11 is 0. The average molecular weight is 194 g/mol. The molecule has 0 aromatic heterocycles. The van der Waals surface area contributed by atoms with E-state index in [9.17, 15) is 9.59 Å². The van der Waals surface area contributed by atoms with Crippen molar-refractivity contribution in [3.8, 4) is 0 Å². The Morgan fingerprint density at radius 1 is 1.15 bits per heavy atom. The van der Waals surface area contributed by atoms with Gasteiger partial charge in [0.2, 0.25) is 0 Å². The zero-order valence-electron chi connectivity index (χ0n) is 7.30. The van der Waals surface area contributed by atoms with Gasteiger partial charge in [0.05, 0.1) is 25.6 Å². The van der Waals surface area contributed by atoms with Gasteiger partial charge in [-0.2, -0.15) is 0 Å². The average Bonchev–Trinajstić information content (AvgIpc) is 2.02. The molecule has 4 N–H and O–H groups in total. The van der Waals surface area contributed by atoms with Crippen molar-refractivity contribution in [1.29, 1.82) is 0 Å². The molecule has 0 bridgehead atoms. The lowest BCUT2D eigenvalue weighted by Gasteiger charge is -1.90. The van der Waals surface area contributed by atoms with Crippen LogP contribution in [-0.2, 0) is 9.59 Å². The van der Waals surface area contributed by atoms with E-state index in [-0.39, 0.29) is 19.4 Å². The molecule has 1 unspecified atom stereocenters. The van der Waals surface area contributed by atoms with Gasteiger partial charge in [0, 0.05) is 0 Å². The molecule has 0 aliphatic carbocycles. The second-order valence-electron chi connectivity index (χ2n) is 2.32. The summed E-state index contributed by atoms with van der Waals surface area (Å²) in [4.78, 5) is 19.3. The molecule has 6 heteroatoms. The maximum absolute atomic E-state index is 9.64. The molecule has 0 rings (SSSR count). The molecule has 1 atom stereocenters. The van der Waals surface area contributed by atoms with Crippen LogP contribution in [0.4, 0.5) is 0 Å². The van der Waals surface area contributed by atoms with Crippen molar-refractivity contribution in [2.24, 2.45) is 0 Å². The molecule has 13 heavy (non-hydrogen) atoms. The summed E-state index contributed by atoms with van der Waals surface area (Å²) in [6, 6.07) is 0. The van der Waals surface area contributed by atoms with Crippen LogP contribution in [0.2, 0.25) is 0 Å². The van der Waals surface area contributed by atoms with E-state index in [4.69, 9.17) is 20.4 Å². The molecule has 0 radical (unpaired) electrons. The Labute approximate surface area is 75.4 Å². The van der Waals surface area contributed by atoms with Crippen molar-refractivity contribution in [2.45, 2.75) is 25.9 Å². The van der Waals surface area contributed by atoms with Crippen molar-refractivity contribution < 1.29 is 30.0 Å². The zero-order valence-corrected chi connectivity index (χ0v) is 7.30. The van der Waals surface area contributed by atoms with Gasteiger partial charge < -0.3 is 20.4 Å². The summed E-state index contributed by atoms with van der Waals surface area (Å²) in [5.74, 6) is -2.15. The van der Waals surface area contributed by atoms with Gasteiger partial charge in [0.25, 0.3) is 0 Å². The molecule has 0 saturated heterocycles. The Hall–Kier alpha value is -1.14. The van der Waals surface area contributed by atoms with E-state index < -0.39 is 18.0 Å². The predicted molar refractivity (Wildman–Crippen MR) is 43.3 cm³/mol. The van der Waals surface area contributed by atoms with Crippen molar-refractivity contribution in [3.63, 3.8) is 0 Å². The molecular formula is C7H14O6. The van der Waals surface area contributed by atoms with Gasteiger partial charge >= 0.3 is 11.9 Å². The third-order valence-electron chi connectivity index (χ3n) is 0.817. The van der Waals surface area contributed by atoms with Crippen LogP contribution < -0.4 is 0 Å². The Morgan fingerprint density at radius 2 is 1.38 bits per heavy atom. The highest BCUT2D eigenvalue weighted by Crippen LogP contribution is 1.86. The largest absolute Gasteiger partial charge is 0.481 e. The number of hydrogen-bond donors (Lipinski definition) is 4. The van der Waals surface area contributed by atoms with Crippen LogP contribution in [0, 0.1) is 0 Å². The van der Waals surface area contributed by atoms with Crippen LogP contribution in [0.5, 0.6) is 0 Å². The molecule has 0 aromatic rings. The number of carboxylic acid groups (broad SMARTS) is 2. The summed E-state index contributed by atoms with van der Waals surface area (Å²) in [6.07, 6.45) is -1.15. The Bertz CT molecular complexity index is 139. The molecule has 0 aliphatic rings. The molecule has 0 saturated carbocycles. The number of hydrogen-bond acceptors (Lipinski definition) is 4. The quantitative estimate of drug-likeness (QED) is 0.470. The van der Waals surface area contributed by atoms with Gasteiger partial charge in [-0.1, -0.05) is 0 Å². The Kier molecular flexibility index (Phi) is 9.91. The van der Waals surface area contributed by atoms with Gasteiger partial charge in [0.1, 0.15) is 0 Å². The summed E-state index contributed by atoms with van der Waals surface area (Å²) in [5.41, 5.74) is 0. The van der Waals surface area contributed by atoms with E-state index in [0.717, 1.165) is 0 Å². The number of rotatable bonds is 4. The summed E-state index contributed by atoms with van der Waals surface area (Å²) < 4.78 is 0. The van der Waals surface area contributed by atoms with Crippen molar-refractivity contribution in [2.75, 3.05) is 6.61 Å². The SMILES string of the molecule is CC(O)CO.O=C(O)CCC(=O)O. The van der Waals surface area contributed by atoms with E-state index >= 15 is 0 Å². The lowest BCUT2D eigenvalue weighted by atomic mass is 10.3. The predicted octanol–water partition coefficient (Wildman–Crippen LogP) is -0.705. The van der Waals surface area contributed by atoms with E-state index in [1.54, 1.807) is 0 Å². The number of aliphatic hydroxyl groups excluding tert-OH is 2. The van der Waals surface area contributed by atoms with Gasteiger partial charge in [-0.15, -0.1) is 0 Å². The summed E-state index contributed by atoms with van der Waals surface area (Å²) in [6.45, 7) is 1.39. The van der Waals surface area contributed by atoms with Gasteiger partial charge in [-0.05, 0) is 6.92 Å². The first-order chi connectivity index (χ1) is 5.90. The third kappa shape index (κ3) is 24.8. The van der Waals surface area contributed by atoms with Crippen molar-refractivity contribution in [3.05, 3.63) is 0 Å². The van der Waals surface area contributed by atoms with Crippen LogP contribution in [0.1, 0.15) is 19.8 Å². The molecule has 0 aromatic carbocycles. The summed E-state index contributed by atoms with van der Waals surface area (Å²) in [7, 11) is 0. The van der Waals surface area contributed by atoms with E-state index in [0.29, 0.717) is 0 Å². The van der Waals surface area contributed by atoms with Gasteiger partial charge in [-0.3, -0.25) is 9.59 Å². The van der Waals surface area contributed by atoms with Gasteiger partial charge in [-0.25, -0.2) is 0 Å². The molecule has 78 valence electrons. The van der Waals surface area contributed by atoms with E-state index in [1.807, 2.05) is 0 Å². The lowest BCUT2D eigenvalue weighted by Crippen LogP contribution is -2.03. The van der Waals surface area contributed by atoms with Crippen LogP contribution >= 0.6 is 0 Å². The molecule has 0 heterocycles. The fourth-order valence-electron chi connectivity index (χ4n) is 0.214. The minimum atomic E-state index is -1.08. The molecular weight excluding hydrogens is 180 g/mol. The second-order valence-corrected chi connectivity index (χ2v) is 2.32. The zero-order chi connectivity index (χ0) is 10.9. The number of carboxylic acids is 2. The minimum Gasteiger partial charge on any atom is -0.481 e. The second kappa shape index (κ2) is 8.95. The highest BCUT2D eigenvalue weighted by molar-refractivity contribution is 5.75. The fourth-order valence-corrected chi connectivity index (χ4v) is 0.214. The number of aliphatic carboxylic acids is 2. The summed E-state index contributed by atoms with van der Waals surface area (Å²) in [5, 5.41) is 31.8. The van der Waals surface area contributed by atoms with Crippen LogP contribution in [0.15, 0.2) is 0 Å². The van der Waals surface area contributed by atoms with Crippen LogP contribution in [-0.4, -0.2) is 45.1 Å². The van der Waals surface area contributed by atoms with E-state index in [1.165, 1.54) is 6.92 Å². The molecule has 0 fully saturated rings. The first-order valence-electron chi connectivity index (χ1n) is 3.62. The smallest absolute Gasteiger partial charge is 0.303 e. The monoisotopic (exact) mass is 194 g/mol. The van der Waals surface area contributed by atoms with Crippen molar-refractivity contribution in [1.82, 2.24) is 0 Å². The standard InChI is InChI=1S/C4H6O4.C3H8O2/c5-3(6)1-2-4(7)8;1-3(5)2-4/h1-2H2,(H,5,6)(H,7,8);3-5H,2H2,1H3. The van der Waals surface area contributed by atoms with Crippen molar-refractivity contribution >= 4 is 11.9 Å². The maximum Gasteiger partial charge on any atom is 0.303 e. The third-order valence-corrected chi connectivity index (χ3v) is 0.817. The molecule has 0 spiro atoms. The first kappa shape index (κ1) is 14.4.